The number of ether oxygens (including phenoxy) is 1. The molecule has 1 aliphatic carbocycles. The molecule has 0 fully saturated rings. The largest absolute Gasteiger partial charge is 0.490 e. The molecule has 3 N–H and O–H groups in total. The van der Waals surface area contributed by atoms with Gasteiger partial charge in [-0.15, -0.1) is 11.3 Å². The molecular formula is C22H22N4O3S2. The van der Waals surface area contributed by atoms with Crippen LogP contribution in [-0.2, 0) is 16.6 Å². The van der Waals surface area contributed by atoms with Crippen molar-refractivity contribution in [3.63, 3.8) is 0 Å². The Morgan fingerprint density at radius 2 is 2.13 bits per heavy atom. The standard InChI is InChI=1S/C22H22N4O3S2/c1-13(2)29-20-9-6-14(10-15(20)11-23)22-25-12-21(30-22)18-5-3-4-17-16(18)7-8-19(17)26-31(24,27)28/h3-6,9-10,12-13,19,26H,7-8H2,1-2H3,(H2,24,27,28). The molecule has 31 heavy (non-hydrogen) atoms. The number of nitrogens with one attached hydrogen (secondary N) is 1. The summed E-state index contributed by atoms with van der Waals surface area (Å²) in [5, 5.41) is 15.5. The van der Waals surface area contributed by atoms with Crippen molar-refractivity contribution in [2.24, 2.45) is 5.14 Å². The maximum atomic E-state index is 11.5. The number of hydrogen-bond donors (Lipinski definition) is 2. The van der Waals surface area contributed by atoms with Crippen LogP contribution in [0.4, 0.5) is 0 Å². The topological polar surface area (TPSA) is 118 Å². The van der Waals surface area contributed by atoms with E-state index < -0.39 is 10.2 Å². The molecule has 0 bridgehead atoms. The van der Waals surface area contributed by atoms with E-state index in [1.165, 1.54) is 11.3 Å². The van der Waals surface area contributed by atoms with Gasteiger partial charge < -0.3 is 4.74 Å². The van der Waals surface area contributed by atoms with Crippen molar-refractivity contribution in [3.05, 3.63) is 59.3 Å². The van der Waals surface area contributed by atoms with Gasteiger partial charge in [-0.2, -0.15) is 18.4 Å². The smallest absolute Gasteiger partial charge is 0.274 e. The fraction of sp³-hybridized carbons (Fsp3) is 0.273. The summed E-state index contributed by atoms with van der Waals surface area (Å²) in [4.78, 5) is 5.56. The van der Waals surface area contributed by atoms with Crippen molar-refractivity contribution in [2.75, 3.05) is 0 Å². The van der Waals surface area contributed by atoms with Crippen molar-refractivity contribution in [2.45, 2.75) is 38.8 Å². The summed E-state index contributed by atoms with van der Waals surface area (Å²) in [7, 11) is -3.77. The van der Waals surface area contributed by atoms with E-state index in [0.29, 0.717) is 17.7 Å². The molecule has 9 heteroatoms. The molecule has 0 spiro atoms. The summed E-state index contributed by atoms with van der Waals surface area (Å²) in [5.74, 6) is 0.562. The third-order valence-electron chi connectivity index (χ3n) is 5.06. The predicted molar refractivity (Wildman–Crippen MR) is 121 cm³/mol. The van der Waals surface area contributed by atoms with Gasteiger partial charge in [0.1, 0.15) is 16.8 Å². The van der Waals surface area contributed by atoms with Crippen LogP contribution in [-0.4, -0.2) is 19.5 Å². The second kappa shape index (κ2) is 8.40. The monoisotopic (exact) mass is 454 g/mol. The molecule has 1 atom stereocenters. The number of nitrogens with two attached hydrogens (primary N) is 1. The number of fused-ring (bicyclic) bond motifs is 1. The molecule has 0 saturated carbocycles. The van der Waals surface area contributed by atoms with Gasteiger partial charge in [0, 0.05) is 17.8 Å². The highest BCUT2D eigenvalue weighted by molar-refractivity contribution is 7.87. The summed E-state index contributed by atoms with van der Waals surface area (Å²) >= 11 is 1.53. The Hall–Kier alpha value is -2.77. The second-order valence-corrected chi connectivity index (χ2v) is 10.0. The Balaban J connectivity index is 1.66. The first-order chi connectivity index (χ1) is 14.7. The lowest BCUT2D eigenvalue weighted by Crippen LogP contribution is -2.33. The molecule has 0 aliphatic heterocycles. The molecule has 0 amide bonds. The van der Waals surface area contributed by atoms with Gasteiger partial charge in [-0.25, -0.2) is 10.1 Å². The number of thiazole rings is 1. The van der Waals surface area contributed by atoms with Crippen molar-refractivity contribution in [1.82, 2.24) is 9.71 Å². The Morgan fingerprint density at radius 1 is 1.32 bits per heavy atom. The minimum Gasteiger partial charge on any atom is -0.490 e. The van der Waals surface area contributed by atoms with Crippen LogP contribution in [0.1, 0.15) is 43.0 Å². The maximum absolute atomic E-state index is 11.5. The van der Waals surface area contributed by atoms with Crippen LogP contribution in [0.3, 0.4) is 0 Å². The first-order valence-electron chi connectivity index (χ1n) is 9.84. The minimum atomic E-state index is -3.77. The summed E-state index contributed by atoms with van der Waals surface area (Å²) < 4.78 is 31.2. The lowest BCUT2D eigenvalue weighted by Gasteiger charge is -2.12. The van der Waals surface area contributed by atoms with Gasteiger partial charge in [0.05, 0.1) is 16.5 Å². The molecule has 160 valence electrons. The van der Waals surface area contributed by atoms with Crippen LogP contribution < -0.4 is 14.6 Å². The number of rotatable bonds is 6. The molecular weight excluding hydrogens is 432 g/mol. The number of benzene rings is 2. The fourth-order valence-electron chi connectivity index (χ4n) is 3.85. The molecule has 1 unspecified atom stereocenters. The Bertz CT molecular complexity index is 1280. The van der Waals surface area contributed by atoms with E-state index in [-0.39, 0.29) is 12.1 Å². The van der Waals surface area contributed by atoms with Gasteiger partial charge in [0.2, 0.25) is 0 Å². The van der Waals surface area contributed by atoms with Crippen molar-refractivity contribution in [3.8, 4) is 32.8 Å². The molecule has 2 aromatic carbocycles. The normalized spacial score (nSPS) is 15.6. The van der Waals surface area contributed by atoms with E-state index in [9.17, 15) is 13.7 Å². The summed E-state index contributed by atoms with van der Waals surface area (Å²) in [6.07, 6.45) is 3.22. The van der Waals surface area contributed by atoms with Crippen LogP contribution in [0.15, 0.2) is 42.6 Å². The Morgan fingerprint density at radius 3 is 2.84 bits per heavy atom. The molecule has 3 aromatic rings. The molecule has 0 radical (unpaired) electrons. The third-order valence-corrected chi connectivity index (χ3v) is 6.75. The van der Waals surface area contributed by atoms with E-state index in [2.05, 4.69) is 15.8 Å². The maximum Gasteiger partial charge on any atom is 0.274 e. The molecule has 0 saturated heterocycles. The summed E-state index contributed by atoms with van der Waals surface area (Å²) in [5.41, 5.74) is 4.42. The number of hydrogen-bond acceptors (Lipinski definition) is 6. The van der Waals surface area contributed by atoms with Crippen molar-refractivity contribution >= 4 is 21.5 Å². The van der Waals surface area contributed by atoms with E-state index in [1.807, 2.05) is 44.3 Å². The van der Waals surface area contributed by atoms with E-state index in [4.69, 9.17) is 9.88 Å². The molecule has 1 aromatic heterocycles. The molecule has 1 aliphatic rings. The van der Waals surface area contributed by atoms with Gasteiger partial charge in [0.15, 0.2) is 0 Å². The minimum absolute atomic E-state index is 0.0165. The molecule has 4 rings (SSSR count). The first-order valence-corrected chi connectivity index (χ1v) is 12.2. The van der Waals surface area contributed by atoms with Crippen LogP contribution in [0.5, 0.6) is 5.75 Å². The highest BCUT2D eigenvalue weighted by Gasteiger charge is 2.27. The van der Waals surface area contributed by atoms with E-state index in [1.54, 1.807) is 12.1 Å². The first kappa shape index (κ1) is 21.5. The highest BCUT2D eigenvalue weighted by atomic mass is 32.2. The van der Waals surface area contributed by atoms with Crippen LogP contribution >= 0.6 is 11.3 Å². The van der Waals surface area contributed by atoms with Gasteiger partial charge in [-0.1, -0.05) is 18.2 Å². The van der Waals surface area contributed by atoms with Crippen molar-refractivity contribution < 1.29 is 13.2 Å². The van der Waals surface area contributed by atoms with E-state index >= 15 is 0 Å². The zero-order valence-corrected chi connectivity index (χ0v) is 18.8. The van der Waals surface area contributed by atoms with Crippen LogP contribution in [0.25, 0.3) is 21.0 Å². The van der Waals surface area contributed by atoms with Gasteiger partial charge in [0.25, 0.3) is 10.2 Å². The Labute approximate surface area is 185 Å². The average molecular weight is 455 g/mol. The quantitative estimate of drug-likeness (QED) is 0.585. The number of nitriles is 1. The van der Waals surface area contributed by atoms with Crippen LogP contribution in [0, 0.1) is 11.3 Å². The third kappa shape index (κ3) is 4.62. The Kier molecular flexibility index (Phi) is 5.81. The fourth-order valence-corrected chi connectivity index (χ4v) is 5.45. The zero-order chi connectivity index (χ0) is 22.2. The average Bonchev–Trinajstić information content (AvgIpc) is 3.34. The van der Waals surface area contributed by atoms with Gasteiger partial charge in [-0.3, -0.25) is 0 Å². The summed E-state index contributed by atoms with van der Waals surface area (Å²) in [6.45, 7) is 3.84. The van der Waals surface area contributed by atoms with Gasteiger partial charge in [-0.05, 0) is 61.6 Å². The predicted octanol–water partition coefficient (Wildman–Crippen LogP) is 3.92. The molecule has 7 nitrogen and oxygen atoms in total. The van der Waals surface area contributed by atoms with E-state index in [0.717, 1.165) is 38.6 Å². The lowest BCUT2D eigenvalue weighted by molar-refractivity contribution is 0.242. The van der Waals surface area contributed by atoms with Gasteiger partial charge >= 0.3 is 0 Å². The second-order valence-electron chi connectivity index (χ2n) is 7.65. The highest BCUT2D eigenvalue weighted by Crippen LogP contribution is 2.41. The molecule has 1 heterocycles. The number of aromatic nitrogens is 1. The van der Waals surface area contributed by atoms with Crippen molar-refractivity contribution in [1.29, 1.82) is 5.26 Å². The SMILES string of the molecule is CC(C)Oc1ccc(-c2ncc(-c3cccc4c3CCC4NS(N)(=O)=O)s2)cc1C#N. The number of nitrogens with zero attached hydrogens (tertiary/aromatic N) is 2. The lowest BCUT2D eigenvalue weighted by atomic mass is 10.0. The zero-order valence-electron chi connectivity index (χ0n) is 17.1. The summed E-state index contributed by atoms with van der Waals surface area (Å²) in [6, 6.07) is 13.3. The van der Waals surface area contributed by atoms with Crippen LogP contribution in [0.2, 0.25) is 0 Å².